The van der Waals surface area contributed by atoms with Crippen LogP contribution in [-0.4, -0.2) is 33.2 Å². The predicted octanol–water partition coefficient (Wildman–Crippen LogP) is 18.7. The van der Waals surface area contributed by atoms with Gasteiger partial charge in [-0.15, -0.1) is 0 Å². The van der Waals surface area contributed by atoms with E-state index in [9.17, 15) is 10.5 Å². The molecule has 0 unspecified atom stereocenters. The minimum absolute atomic E-state index is 0.328. The average molecular weight is 1100 g/mol. The van der Waals surface area contributed by atoms with Gasteiger partial charge < -0.3 is 18.3 Å². The largest absolute Gasteiger partial charge is 0.309 e. The molecular formula is C77H45N9. The number of nitriles is 2. The lowest BCUT2D eigenvalue weighted by atomic mass is 9.95. The molecule has 17 rings (SSSR count). The predicted molar refractivity (Wildman–Crippen MR) is 348 cm³/mol. The van der Waals surface area contributed by atoms with E-state index in [0.29, 0.717) is 34.2 Å². The summed E-state index contributed by atoms with van der Waals surface area (Å²) >= 11 is 0. The monoisotopic (exact) mass is 1100 g/mol. The van der Waals surface area contributed by atoms with Crippen LogP contribution in [0.4, 0.5) is 0 Å². The fourth-order valence-corrected chi connectivity index (χ4v) is 13.6. The van der Waals surface area contributed by atoms with Crippen molar-refractivity contribution in [1.29, 1.82) is 10.5 Å². The molecule has 9 nitrogen and oxygen atoms in total. The van der Waals surface area contributed by atoms with E-state index in [0.717, 1.165) is 132 Å². The van der Waals surface area contributed by atoms with Crippen molar-refractivity contribution in [2.75, 3.05) is 0 Å². The van der Waals surface area contributed by atoms with Crippen molar-refractivity contribution in [3.63, 3.8) is 0 Å². The average Bonchev–Trinajstić information content (AvgIpc) is 2.90. The molecule has 0 amide bonds. The van der Waals surface area contributed by atoms with E-state index in [1.165, 1.54) is 0 Å². The normalized spacial score (nSPS) is 11.7. The van der Waals surface area contributed by atoms with Crippen LogP contribution >= 0.6 is 0 Å². The lowest BCUT2D eigenvalue weighted by molar-refractivity contribution is 1.06. The Kier molecular flexibility index (Phi) is 10.8. The Balaban J connectivity index is 0.983. The quantitative estimate of drug-likeness (QED) is 0.151. The summed E-state index contributed by atoms with van der Waals surface area (Å²) in [6.45, 7) is 0. The summed E-state index contributed by atoms with van der Waals surface area (Å²) in [5, 5.41) is 30.8. The smallest absolute Gasteiger partial charge is 0.167 e. The fraction of sp³-hybridized carbons (Fsp3) is 0. The fourth-order valence-electron chi connectivity index (χ4n) is 13.6. The molecule has 0 aliphatic rings. The molecule has 5 aromatic heterocycles. The molecule has 0 fully saturated rings. The molecule has 86 heavy (non-hydrogen) atoms. The van der Waals surface area contributed by atoms with Gasteiger partial charge in [-0.3, -0.25) is 0 Å². The highest BCUT2D eigenvalue weighted by atomic mass is 15.1. The van der Waals surface area contributed by atoms with E-state index in [4.69, 9.17) is 15.0 Å². The molecule has 12 aromatic carbocycles. The van der Waals surface area contributed by atoms with Crippen molar-refractivity contribution in [1.82, 2.24) is 33.2 Å². The SMILES string of the molecule is N#Cc1cccc(-c2cccc(-n3c4ccccc4c4c3ccc3c5ccccc5n(-c5ccccc5)c34)c2-c2nc(-c3ccccc3)nc(-c3c(C#N)cccc3-n3c4ccccc4c4c3ccc3c5ccccc5n(-c5ccccc5)c34)n2)c1. The van der Waals surface area contributed by atoms with Crippen LogP contribution in [0.5, 0.6) is 0 Å². The highest BCUT2D eigenvalue weighted by molar-refractivity contribution is 6.28. The zero-order chi connectivity index (χ0) is 57.0. The summed E-state index contributed by atoms with van der Waals surface area (Å²) in [6, 6.07) is 99.3. The lowest BCUT2D eigenvalue weighted by Crippen LogP contribution is -2.07. The molecule has 398 valence electrons. The van der Waals surface area contributed by atoms with Crippen LogP contribution in [0, 0.1) is 22.7 Å². The van der Waals surface area contributed by atoms with E-state index in [2.05, 4.69) is 237 Å². The number of benzene rings is 12. The second-order valence-electron chi connectivity index (χ2n) is 21.7. The first-order chi connectivity index (χ1) is 42.6. The second kappa shape index (κ2) is 19.2. The number of hydrogen-bond donors (Lipinski definition) is 0. The number of nitrogens with zero attached hydrogens (tertiary/aromatic N) is 9. The van der Waals surface area contributed by atoms with Crippen LogP contribution in [0.1, 0.15) is 11.1 Å². The minimum Gasteiger partial charge on any atom is -0.309 e. The Morgan fingerprint density at radius 1 is 0.291 bits per heavy atom. The molecule has 0 N–H and O–H groups in total. The Morgan fingerprint density at radius 2 is 0.721 bits per heavy atom. The Bertz CT molecular complexity index is 5740. The van der Waals surface area contributed by atoms with Crippen LogP contribution in [-0.2, 0) is 0 Å². The number of rotatable bonds is 8. The van der Waals surface area contributed by atoms with E-state index < -0.39 is 0 Å². The first kappa shape index (κ1) is 48.5. The van der Waals surface area contributed by atoms with Gasteiger partial charge in [0.25, 0.3) is 0 Å². The summed E-state index contributed by atoms with van der Waals surface area (Å²) < 4.78 is 9.40. The summed E-state index contributed by atoms with van der Waals surface area (Å²) in [4.78, 5) is 16.7. The van der Waals surface area contributed by atoms with Crippen molar-refractivity contribution in [2.45, 2.75) is 0 Å². The van der Waals surface area contributed by atoms with E-state index >= 15 is 0 Å². The summed E-state index contributed by atoms with van der Waals surface area (Å²) in [7, 11) is 0. The maximum atomic E-state index is 11.4. The van der Waals surface area contributed by atoms with Gasteiger partial charge in [-0.25, -0.2) is 15.0 Å². The van der Waals surface area contributed by atoms with Gasteiger partial charge in [-0.2, -0.15) is 10.5 Å². The van der Waals surface area contributed by atoms with Crippen molar-refractivity contribution in [3.8, 4) is 80.2 Å². The maximum absolute atomic E-state index is 11.4. The van der Waals surface area contributed by atoms with Gasteiger partial charge in [0, 0.05) is 60.0 Å². The lowest BCUT2D eigenvalue weighted by Gasteiger charge is -2.19. The number of hydrogen-bond acceptors (Lipinski definition) is 5. The molecule has 0 saturated carbocycles. The molecule has 0 aliphatic heterocycles. The van der Waals surface area contributed by atoms with Crippen molar-refractivity contribution >= 4 is 87.2 Å². The molecule has 0 saturated heterocycles. The van der Waals surface area contributed by atoms with Gasteiger partial charge in [-0.05, 0) is 102 Å². The maximum Gasteiger partial charge on any atom is 0.167 e. The molecule has 17 aromatic rings. The van der Waals surface area contributed by atoms with Gasteiger partial charge in [0.1, 0.15) is 0 Å². The van der Waals surface area contributed by atoms with Crippen molar-refractivity contribution in [2.24, 2.45) is 0 Å². The third-order valence-electron chi connectivity index (χ3n) is 17.1. The standard InChI is InChI=1S/C77H45N9/c78-46-48-21-18-24-50(45-48)54-34-20-40-66(86-64-38-17-13-33-60(64)71-68(86)44-42-58-56-31-11-15-36-62(56)84(74(58)71)53-28-8-3-9-29-53)72(54)77-81-75(49-22-4-1-5-23-49)80-76(82-77)69-51(47-79)25-19-39-65(69)85-63-37-16-12-32-59(63)70-67(85)43-41-57-55-30-10-14-35-61(55)83(73(57)70)52-26-6-2-7-27-52/h1-45H. The minimum atomic E-state index is 0.328. The molecule has 0 aliphatic carbocycles. The second-order valence-corrected chi connectivity index (χ2v) is 21.7. The summed E-state index contributed by atoms with van der Waals surface area (Å²) in [6.07, 6.45) is 0. The van der Waals surface area contributed by atoms with Crippen LogP contribution in [0.3, 0.4) is 0 Å². The highest BCUT2D eigenvalue weighted by Crippen LogP contribution is 2.47. The van der Waals surface area contributed by atoms with Gasteiger partial charge in [0.05, 0.1) is 89.9 Å². The topological polar surface area (TPSA) is 106 Å². The van der Waals surface area contributed by atoms with Crippen LogP contribution < -0.4 is 0 Å². The van der Waals surface area contributed by atoms with E-state index in [-0.39, 0.29) is 0 Å². The van der Waals surface area contributed by atoms with Gasteiger partial charge in [-0.1, -0.05) is 182 Å². The highest BCUT2D eigenvalue weighted by Gasteiger charge is 2.29. The molecule has 0 spiro atoms. The third-order valence-corrected chi connectivity index (χ3v) is 17.1. The van der Waals surface area contributed by atoms with Gasteiger partial charge in [0.2, 0.25) is 0 Å². The molecule has 0 atom stereocenters. The van der Waals surface area contributed by atoms with E-state index in [1.807, 2.05) is 66.7 Å². The van der Waals surface area contributed by atoms with Crippen molar-refractivity contribution in [3.05, 3.63) is 284 Å². The Hall–Kier alpha value is -12.2. The molecule has 0 radical (unpaired) electrons. The number of aromatic nitrogens is 7. The molecular weight excluding hydrogens is 1050 g/mol. The van der Waals surface area contributed by atoms with Gasteiger partial charge in [0.15, 0.2) is 17.5 Å². The van der Waals surface area contributed by atoms with Crippen LogP contribution in [0.2, 0.25) is 0 Å². The number of fused-ring (bicyclic) bond motifs is 14. The summed E-state index contributed by atoms with van der Waals surface area (Å²) in [5.41, 5.74) is 16.6. The first-order valence-electron chi connectivity index (χ1n) is 28.6. The first-order valence-corrected chi connectivity index (χ1v) is 28.6. The molecule has 5 heterocycles. The number of para-hydroxylation sites is 6. The van der Waals surface area contributed by atoms with Crippen molar-refractivity contribution < 1.29 is 0 Å². The zero-order valence-electron chi connectivity index (χ0n) is 46.0. The van der Waals surface area contributed by atoms with Crippen LogP contribution in [0.25, 0.3) is 155 Å². The van der Waals surface area contributed by atoms with Crippen LogP contribution in [0.15, 0.2) is 273 Å². The molecule has 0 bridgehead atoms. The Labute approximate surface area is 492 Å². The van der Waals surface area contributed by atoms with E-state index in [1.54, 1.807) is 0 Å². The molecule has 9 heteroatoms. The summed E-state index contributed by atoms with van der Waals surface area (Å²) in [5.74, 6) is 1.15. The van der Waals surface area contributed by atoms with Gasteiger partial charge >= 0.3 is 0 Å². The third kappa shape index (κ3) is 7.19. The Morgan fingerprint density at radius 3 is 1.26 bits per heavy atom. The zero-order valence-corrected chi connectivity index (χ0v) is 46.0.